The monoisotopic (exact) mass is 327 g/mol. The number of hydrogen-bond acceptors (Lipinski definition) is 4. The minimum absolute atomic E-state index is 0.000472. The van der Waals surface area contributed by atoms with E-state index in [-0.39, 0.29) is 30.2 Å². The second kappa shape index (κ2) is 7.29. The van der Waals surface area contributed by atoms with E-state index < -0.39 is 0 Å². The third-order valence-electron chi connectivity index (χ3n) is 4.14. The molecule has 0 aliphatic carbocycles. The summed E-state index contributed by atoms with van der Waals surface area (Å²) in [5.41, 5.74) is 0.832. The minimum atomic E-state index is -0.305. The average Bonchev–Trinajstić information content (AvgIpc) is 3.19. The van der Waals surface area contributed by atoms with Crippen LogP contribution < -0.4 is 5.32 Å². The first-order chi connectivity index (χ1) is 11.6. The predicted molar refractivity (Wildman–Crippen MR) is 87.8 cm³/mol. The van der Waals surface area contributed by atoms with E-state index >= 15 is 0 Å². The van der Waals surface area contributed by atoms with Crippen molar-refractivity contribution in [2.24, 2.45) is 5.92 Å². The lowest BCUT2D eigenvalue weighted by molar-refractivity contribution is -0.129. The van der Waals surface area contributed by atoms with Crippen molar-refractivity contribution in [1.82, 2.24) is 15.2 Å². The number of nitrogens with one attached hydrogen (secondary N) is 1. The van der Waals surface area contributed by atoms with E-state index in [1.54, 1.807) is 17.4 Å². The summed E-state index contributed by atoms with van der Waals surface area (Å²) < 4.78 is 5.29. The number of amides is 2. The summed E-state index contributed by atoms with van der Waals surface area (Å²) in [5, 5.41) is 2.97. The number of carbonyl (C=O) groups is 2. The van der Waals surface area contributed by atoms with Crippen molar-refractivity contribution < 1.29 is 14.0 Å². The van der Waals surface area contributed by atoms with E-state index in [1.807, 2.05) is 37.3 Å². The molecule has 2 aromatic rings. The number of hydrogen-bond donors (Lipinski definition) is 1. The third-order valence-corrected chi connectivity index (χ3v) is 4.14. The van der Waals surface area contributed by atoms with Gasteiger partial charge in [-0.1, -0.05) is 6.07 Å². The molecule has 2 atom stereocenters. The number of likely N-dealkylation sites (tertiary alicyclic amines) is 1. The fraction of sp³-hybridized carbons (Fsp3) is 0.389. The van der Waals surface area contributed by atoms with Crippen molar-refractivity contribution in [3.8, 4) is 0 Å². The third kappa shape index (κ3) is 4.01. The Bertz CT molecular complexity index is 685. The first-order valence-electron chi connectivity index (χ1n) is 8.12. The zero-order valence-corrected chi connectivity index (χ0v) is 13.6. The molecule has 3 rings (SSSR count). The maximum Gasteiger partial charge on any atom is 0.225 e. The van der Waals surface area contributed by atoms with Crippen LogP contribution in [-0.4, -0.2) is 34.3 Å². The summed E-state index contributed by atoms with van der Waals surface area (Å²) in [6, 6.07) is 9.29. The van der Waals surface area contributed by atoms with Crippen molar-refractivity contribution >= 4 is 11.8 Å². The fourth-order valence-corrected chi connectivity index (χ4v) is 2.93. The summed E-state index contributed by atoms with van der Waals surface area (Å²) in [6.45, 7) is 2.82. The minimum Gasteiger partial charge on any atom is -0.469 e. The van der Waals surface area contributed by atoms with Gasteiger partial charge in [-0.25, -0.2) is 0 Å². The number of aromatic nitrogens is 1. The summed E-state index contributed by atoms with van der Waals surface area (Å²) >= 11 is 0. The van der Waals surface area contributed by atoms with Gasteiger partial charge < -0.3 is 14.6 Å². The van der Waals surface area contributed by atoms with Crippen LogP contribution in [0.4, 0.5) is 0 Å². The largest absolute Gasteiger partial charge is 0.469 e. The van der Waals surface area contributed by atoms with Gasteiger partial charge in [0.15, 0.2) is 0 Å². The second-order valence-corrected chi connectivity index (χ2v) is 6.19. The van der Waals surface area contributed by atoms with Crippen LogP contribution in [-0.2, 0) is 22.6 Å². The molecule has 1 saturated heterocycles. The highest BCUT2D eigenvalue weighted by Gasteiger charge is 2.34. The highest BCUT2D eigenvalue weighted by atomic mass is 16.3. The first kappa shape index (κ1) is 16.2. The SMILES string of the molecule is C[C@H](Cc1ccco1)NC(=O)[C@@H]1CC(=O)N(Cc2ccccn2)C1. The molecule has 2 aromatic heterocycles. The standard InChI is InChI=1S/C18H21N3O3/c1-13(9-16-6-4-8-24-16)20-18(23)14-10-17(22)21(11-14)12-15-5-2-3-7-19-15/h2-8,13-14H,9-12H2,1H3,(H,20,23)/t13-,14-/m1/s1. The van der Waals surface area contributed by atoms with Gasteiger partial charge in [-0.15, -0.1) is 0 Å². The van der Waals surface area contributed by atoms with Crippen LogP contribution in [0.3, 0.4) is 0 Å². The van der Waals surface area contributed by atoms with Gasteiger partial charge >= 0.3 is 0 Å². The number of pyridine rings is 1. The maximum absolute atomic E-state index is 12.4. The molecular formula is C18H21N3O3. The summed E-state index contributed by atoms with van der Waals surface area (Å²) in [6.07, 6.45) is 4.22. The molecule has 0 aromatic carbocycles. The summed E-state index contributed by atoms with van der Waals surface area (Å²) in [5.74, 6) is 0.452. The van der Waals surface area contributed by atoms with Gasteiger partial charge in [-0.05, 0) is 31.2 Å². The van der Waals surface area contributed by atoms with Crippen LogP contribution in [0.5, 0.6) is 0 Å². The summed E-state index contributed by atoms with van der Waals surface area (Å²) in [4.78, 5) is 30.5. The predicted octanol–water partition coefficient (Wildman–Crippen LogP) is 1.77. The van der Waals surface area contributed by atoms with E-state index in [1.165, 1.54) is 0 Å². The fourth-order valence-electron chi connectivity index (χ4n) is 2.93. The molecule has 24 heavy (non-hydrogen) atoms. The van der Waals surface area contributed by atoms with Crippen molar-refractivity contribution in [3.63, 3.8) is 0 Å². The Kier molecular flexibility index (Phi) is 4.93. The number of rotatable bonds is 6. The van der Waals surface area contributed by atoms with Crippen molar-refractivity contribution in [2.75, 3.05) is 6.54 Å². The Hall–Kier alpha value is -2.63. The van der Waals surface area contributed by atoms with Crippen LogP contribution in [0, 0.1) is 5.92 Å². The number of furan rings is 1. The van der Waals surface area contributed by atoms with Crippen LogP contribution in [0.1, 0.15) is 24.8 Å². The van der Waals surface area contributed by atoms with Crippen LogP contribution in [0.15, 0.2) is 47.2 Å². The van der Waals surface area contributed by atoms with Gasteiger partial charge in [0.2, 0.25) is 11.8 Å². The molecule has 0 saturated carbocycles. The lowest BCUT2D eigenvalue weighted by Gasteiger charge is -2.18. The molecule has 3 heterocycles. The Morgan fingerprint density at radius 3 is 3.00 bits per heavy atom. The number of nitrogens with zero attached hydrogens (tertiary/aromatic N) is 2. The Morgan fingerprint density at radius 1 is 1.42 bits per heavy atom. The molecule has 1 aliphatic heterocycles. The maximum atomic E-state index is 12.4. The van der Waals surface area contributed by atoms with Crippen LogP contribution in [0.2, 0.25) is 0 Å². The quantitative estimate of drug-likeness (QED) is 0.877. The molecule has 0 bridgehead atoms. The smallest absolute Gasteiger partial charge is 0.225 e. The lowest BCUT2D eigenvalue weighted by atomic mass is 10.1. The second-order valence-electron chi connectivity index (χ2n) is 6.19. The summed E-state index contributed by atoms with van der Waals surface area (Å²) in [7, 11) is 0. The molecule has 2 amide bonds. The van der Waals surface area contributed by atoms with Crippen LogP contribution >= 0.6 is 0 Å². The van der Waals surface area contributed by atoms with E-state index in [4.69, 9.17) is 4.42 Å². The molecule has 1 N–H and O–H groups in total. The topological polar surface area (TPSA) is 75.4 Å². The molecule has 1 fully saturated rings. The van der Waals surface area contributed by atoms with E-state index in [0.717, 1.165) is 11.5 Å². The van der Waals surface area contributed by atoms with Gasteiger partial charge in [0, 0.05) is 31.6 Å². The molecular weight excluding hydrogens is 306 g/mol. The Balaban J connectivity index is 1.52. The normalized spacial score (nSPS) is 18.6. The zero-order valence-electron chi connectivity index (χ0n) is 13.6. The Labute approximate surface area is 140 Å². The molecule has 0 unspecified atom stereocenters. The average molecular weight is 327 g/mol. The van der Waals surface area contributed by atoms with Gasteiger partial charge in [0.05, 0.1) is 24.4 Å². The molecule has 126 valence electrons. The molecule has 6 heteroatoms. The van der Waals surface area contributed by atoms with Crippen LogP contribution in [0.25, 0.3) is 0 Å². The highest BCUT2D eigenvalue weighted by molar-refractivity contribution is 5.89. The Morgan fingerprint density at radius 2 is 2.29 bits per heavy atom. The molecule has 0 radical (unpaired) electrons. The van der Waals surface area contributed by atoms with Gasteiger partial charge in [0.25, 0.3) is 0 Å². The van der Waals surface area contributed by atoms with E-state index in [9.17, 15) is 9.59 Å². The van der Waals surface area contributed by atoms with Crippen molar-refractivity contribution in [2.45, 2.75) is 32.4 Å². The lowest BCUT2D eigenvalue weighted by Crippen LogP contribution is -2.39. The van der Waals surface area contributed by atoms with Crippen molar-refractivity contribution in [3.05, 3.63) is 54.2 Å². The molecule has 6 nitrogen and oxygen atoms in total. The molecule has 0 spiro atoms. The highest BCUT2D eigenvalue weighted by Crippen LogP contribution is 2.20. The van der Waals surface area contributed by atoms with Gasteiger partial charge in [0.1, 0.15) is 5.76 Å². The van der Waals surface area contributed by atoms with Gasteiger partial charge in [-0.3, -0.25) is 14.6 Å². The van der Waals surface area contributed by atoms with Gasteiger partial charge in [-0.2, -0.15) is 0 Å². The molecule has 1 aliphatic rings. The zero-order chi connectivity index (χ0) is 16.9. The van der Waals surface area contributed by atoms with Crippen molar-refractivity contribution in [1.29, 1.82) is 0 Å². The number of carbonyl (C=O) groups excluding carboxylic acids is 2. The van der Waals surface area contributed by atoms with E-state index in [2.05, 4.69) is 10.3 Å². The van der Waals surface area contributed by atoms with E-state index in [0.29, 0.717) is 19.5 Å². The first-order valence-corrected chi connectivity index (χ1v) is 8.12.